The molecule has 1 aliphatic rings. The topological polar surface area (TPSA) is 82.3 Å². The Hall–Kier alpha value is -1.21. The number of primary sulfonamides is 1. The van der Waals surface area contributed by atoms with Crippen LogP contribution < -0.4 is 9.88 Å². The average Bonchev–Trinajstić information content (AvgIpc) is 2.90. The van der Waals surface area contributed by atoms with Gasteiger partial charge in [0.2, 0.25) is 16.0 Å². The lowest BCUT2D eigenvalue weighted by molar-refractivity contribution is 0.299. The van der Waals surface area contributed by atoms with Crippen LogP contribution in [0, 0.1) is 5.95 Å². The second-order valence-electron chi connectivity index (χ2n) is 3.32. The number of nitrogens with zero attached hydrogens (tertiary/aromatic N) is 1. The summed E-state index contributed by atoms with van der Waals surface area (Å²) in [6.07, 6.45) is 3.07. The smallest absolute Gasteiger partial charge is 0.242 e. The Labute approximate surface area is 86.1 Å². The van der Waals surface area contributed by atoms with Gasteiger partial charge in [0.15, 0.2) is 0 Å². The molecule has 1 heterocycles. The molecule has 0 bridgehead atoms. The summed E-state index contributed by atoms with van der Waals surface area (Å²) in [6, 6.07) is 1.05. The van der Waals surface area contributed by atoms with Crippen LogP contribution in [0.5, 0.6) is 5.75 Å². The lowest BCUT2D eigenvalue weighted by Gasteiger charge is -2.05. The van der Waals surface area contributed by atoms with Crippen molar-refractivity contribution in [3.63, 3.8) is 0 Å². The molecule has 0 atom stereocenters. The predicted octanol–water partition coefficient (Wildman–Crippen LogP) is 0.409. The van der Waals surface area contributed by atoms with E-state index in [0.29, 0.717) is 0 Å². The molecular weight excluding hydrogens is 223 g/mol. The van der Waals surface area contributed by atoms with Crippen LogP contribution in [0.1, 0.15) is 12.8 Å². The van der Waals surface area contributed by atoms with Crippen molar-refractivity contribution in [1.29, 1.82) is 0 Å². The number of halogens is 1. The van der Waals surface area contributed by atoms with Gasteiger partial charge in [-0.1, -0.05) is 0 Å². The van der Waals surface area contributed by atoms with Gasteiger partial charge < -0.3 is 4.74 Å². The molecule has 1 aromatic heterocycles. The minimum atomic E-state index is -4.09. The molecule has 0 spiro atoms. The van der Waals surface area contributed by atoms with Crippen LogP contribution in [-0.4, -0.2) is 19.5 Å². The van der Waals surface area contributed by atoms with E-state index >= 15 is 0 Å². The molecule has 82 valence electrons. The third-order valence-corrected chi connectivity index (χ3v) is 2.81. The van der Waals surface area contributed by atoms with Crippen LogP contribution in [-0.2, 0) is 10.0 Å². The van der Waals surface area contributed by atoms with E-state index in [9.17, 15) is 12.8 Å². The molecule has 2 N–H and O–H groups in total. The fourth-order valence-corrected chi connectivity index (χ4v) is 1.62. The van der Waals surface area contributed by atoms with Crippen molar-refractivity contribution >= 4 is 10.0 Å². The molecule has 0 unspecified atom stereocenters. The first-order chi connectivity index (χ1) is 6.97. The van der Waals surface area contributed by atoms with Crippen LogP contribution >= 0.6 is 0 Å². The maximum Gasteiger partial charge on any atom is 0.242 e. The lowest BCUT2D eigenvalue weighted by atomic mass is 10.4. The normalized spacial score (nSPS) is 16.4. The van der Waals surface area contributed by atoms with Crippen molar-refractivity contribution in [2.45, 2.75) is 23.8 Å². The Morgan fingerprint density at radius 1 is 1.53 bits per heavy atom. The quantitative estimate of drug-likeness (QED) is 0.765. The van der Waals surface area contributed by atoms with Crippen molar-refractivity contribution in [2.75, 3.05) is 0 Å². The van der Waals surface area contributed by atoms with Crippen LogP contribution in [0.25, 0.3) is 0 Å². The fraction of sp³-hybridized carbons (Fsp3) is 0.375. The van der Waals surface area contributed by atoms with Crippen LogP contribution in [0.15, 0.2) is 17.2 Å². The van der Waals surface area contributed by atoms with Gasteiger partial charge in [-0.3, -0.25) is 0 Å². The van der Waals surface area contributed by atoms with Crippen LogP contribution in [0.3, 0.4) is 0 Å². The first-order valence-electron chi connectivity index (χ1n) is 4.32. The van der Waals surface area contributed by atoms with Gasteiger partial charge in [0.1, 0.15) is 10.6 Å². The van der Waals surface area contributed by atoms with Gasteiger partial charge in [0, 0.05) is 6.07 Å². The summed E-state index contributed by atoms with van der Waals surface area (Å²) in [6.45, 7) is 0. The van der Waals surface area contributed by atoms with Gasteiger partial charge in [-0.05, 0) is 12.8 Å². The molecule has 0 aliphatic heterocycles. The maximum absolute atomic E-state index is 13.0. The molecule has 15 heavy (non-hydrogen) atoms. The van der Waals surface area contributed by atoms with Crippen molar-refractivity contribution in [3.8, 4) is 5.75 Å². The third-order valence-electron chi connectivity index (χ3n) is 1.92. The molecule has 0 radical (unpaired) electrons. The fourth-order valence-electron chi connectivity index (χ4n) is 1.05. The van der Waals surface area contributed by atoms with E-state index in [0.717, 1.165) is 25.1 Å². The van der Waals surface area contributed by atoms with Gasteiger partial charge in [-0.25, -0.2) is 18.5 Å². The highest BCUT2D eigenvalue weighted by Crippen LogP contribution is 2.27. The number of sulfonamides is 1. The van der Waals surface area contributed by atoms with E-state index in [4.69, 9.17) is 9.88 Å². The Kier molecular flexibility index (Phi) is 2.35. The number of nitrogens with two attached hydrogens (primary N) is 1. The van der Waals surface area contributed by atoms with Crippen molar-refractivity contribution < 1.29 is 17.5 Å². The van der Waals surface area contributed by atoms with Crippen LogP contribution in [0.2, 0.25) is 0 Å². The number of hydrogen-bond acceptors (Lipinski definition) is 4. The molecule has 1 fully saturated rings. The zero-order chi connectivity index (χ0) is 11.1. The number of aromatic nitrogens is 1. The highest BCUT2D eigenvalue weighted by atomic mass is 32.2. The van der Waals surface area contributed by atoms with E-state index in [1.54, 1.807) is 0 Å². The molecular formula is C8H9FN2O3S. The van der Waals surface area contributed by atoms with E-state index in [2.05, 4.69) is 4.98 Å². The van der Waals surface area contributed by atoms with E-state index in [-0.39, 0.29) is 11.9 Å². The summed E-state index contributed by atoms with van der Waals surface area (Å²) in [5.74, 6) is -0.886. The van der Waals surface area contributed by atoms with Gasteiger partial charge in [0.25, 0.3) is 0 Å². The first kappa shape index (κ1) is 10.3. The van der Waals surface area contributed by atoms with Gasteiger partial charge in [-0.15, -0.1) is 0 Å². The molecule has 1 aliphatic carbocycles. The molecule has 1 saturated carbocycles. The Bertz CT molecular complexity index is 485. The summed E-state index contributed by atoms with van der Waals surface area (Å²) in [5, 5.41) is 4.81. The summed E-state index contributed by atoms with van der Waals surface area (Å²) in [4.78, 5) is 2.64. The third kappa shape index (κ3) is 2.42. The number of hydrogen-bond donors (Lipinski definition) is 1. The SMILES string of the molecule is NS(=O)(=O)c1cc(OC2CC2)cnc1F. The zero-order valence-corrected chi connectivity index (χ0v) is 8.50. The highest BCUT2D eigenvalue weighted by molar-refractivity contribution is 7.89. The number of ether oxygens (including phenoxy) is 1. The zero-order valence-electron chi connectivity index (χ0n) is 7.68. The Morgan fingerprint density at radius 3 is 2.73 bits per heavy atom. The summed E-state index contributed by atoms with van der Waals surface area (Å²) in [7, 11) is -4.09. The van der Waals surface area contributed by atoms with Gasteiger partial charge in [-0.2, -0.15) is 4.39 Å². The van der Waals surface area contributed by atoms with Gasteiger partial charge in [0.05, 0.1) is 12.3 Å². The van der Waals surface area contributed by atoms with E-state index in [1.807, 2.05) is 0 Å². The molecule has 5 nitrogen and oxygen atoms in total. The molecule has 2 rings (SSSR count). The minimum Gasteiger partial charge on any atom is -0.489 e. The lowest BCUT2D eigenvalue weighted by Crippen LogP contribution is -2.15. The standard InChI is InChI=1S/C8H9FN2O3S/c9-8-7(15(10,12)13)3-6(4-11-8)14-5-1-2-5/h3-5H,1-2H2,(H2,10,12,13). The van der Waals surface area contributed by atoms with Crippen molar-refractivity contribution in [1.82, 2.24) is 4.98 Å². The van der Waals surface area contributed by atoms with Crippen molar-refractivity contribution in [2.24, 2.45) is 5.14 Å². The average molecular weight is 232 g/mol. The molecule has 1 aromatic rings. The predicted molar refractivity (Wildman–Crippen MR) is 49.2 cm³/mol. The van der Waals surface area contributed by atoms with E-state index < -0.39 is 20.9 Å². The highest BCUT2D eigenvalue weighted by Gasteiger charge is 2.25. The Balaban J connectivity index is 2.35. The largest absolute Gasteiger partial charge is 0.489 e. The maximum atomic E-state index is 13.0. The summed E-state index contributed by atoms with van der Waals surface area (Å²) >= 11 is 0. The second kappa shape index (κ2) is 3.42. The summed E-state index contributed by atoms with van der Waals surface area (Å²) in [5.41, 5.74) is 0. The molecule has 7 heteroatoms. The monoisotopic (exact) mass is 232 g/mol. The summed E-state index contributed by atoms with van der Waals surface area (Å²) < 4.78 is 40.2. The minimum absolute atomic E-state index is 0.0885. The number of rotatable bonds is 3. The second-order valence-corrected chi connectivity index (χ2v) is 4.85. The molecule has 0 aromatic carbocycles. The van der Waals surface area contributed by atoms with Crippen molar-refractivity contribution in [3.05, 3.63) is 18.2 Å². The molecule has 0 saturated heterocycles. The van der Waals surface area contributed by atoms with Crippen LogP contribution in [0.4, 0.5) is 4.39 Å². The van der Waals surface area contributed by atoms with E-state index in [1.165, 1.54) is 0 Å². The Morgan fingerprint density at radius 2 is 2.20 bits per heavy atom. The molecule has 0 amide bonds. The number of pyridine rings is 1. The first-order valence-corrected chi connectivity index (χ1v) is 5.86. The van der Waals surface area contributed by atoms with Gasteiger partial charge >= 0.3 is 0 Å².